The summed E-state index contributed by atoms with van der Waals surface area (Å²) in [5.74, 6) is 0. The average Bonchev–Trinajstić information content (AvgIpc) is 2.78. The Labute approximate surface area is 121 Å². The van der Waals surface area contributed by atoms with E-state index in [4.69, 9.17) is 17.5 Å². The van der Waals surface area contributed by atoms with Crippen LogP contribution in [0.4, 0.5) is 0 Å². The van der Waals surface area contributed by atoms with E-state index in [-0.39, 0.29) is 0 Å². The van der Waals surface area contributed by atoms with E-state index >= 15 is 0 Å². The van der Waals surface area contributed by atoms with E-state index in [1.165, 1.54) is 0 Å². The summed E-state index contributed by atoms with van der Waals surface area (Å²) in [4.78, 5) is 7.61. The van der Waals surface area contributed by atoms with Gasteiger partial charge >= 0.3 is 0 Å². The van der Waals surface area contributed by atoms with Crippen LogP contribution in [-0.4, -0.2) is 14.5 Å². The molecule has 4 nitrogen and oxygen atoms in total. The Kier molecular flexibility index (Phi) is 3.09. The van der Waals surface area contributed by atoms with E-state index < -0.39 is 0 Å². The predicted molar refractivity (Wildman–Crippen MR) is 80.3 cm³/mol. The highest BCUT2D eigenvalue weighted by Gasteiger charge is 2.09. The van der Waals surface area contributed by atoms with Crippen molar-refractivity contribution in [2.24, 2.45) is 0 Å². The third-order valence-electron chi connectivity index (χ3n) is 3.26. The minimum Gasteiger partial charge on any atom is -0.329 e. The first-order chi connectivity index (χ1) is 9.70. The number of aromatic nitrogens is 3. The first-order valence-corrected chi connectivity index (χ1v) is 6.64. The second-order valence-electron chi connectivity index (χ2n) is 4.59. The Morgan fingerprint density at radius 2 is 2.05 bits per heavy atom. The van der Waals surface area contributed by atoms with Crippen LogP contribution >= 0.6 is 12.2 Å². The van der Waals surface area contributed by atoms with Gasteiger partial charge in [0.2, 0.25) is 0 Å². The summed E-state index contributed by atoms with van der Waals surface area (Å²) in [7, 11) is 0. The zero-order valence-electron chi connectivity index (χ0n) is 10.9. The quantitative estimate of drug-likeness (QED) is 0.731. The Bertz CT molecular complexity index is 866. The molecule has 98 valence electrons. The molecule has 2 aromatic heterocycles. The number of hydrogen-bond donors (Lipinski definition) is 1. The van der Waals surface area contributed by atoms with Gasteiger partial charge in [-0.3, -0.25) is 4.57 Å². The summed E-state index contributed by atoms with van der Waals surface area (Å²) in [6.45, 7) is 2.02. The molecule has 0 aliphatic carbocycles. The van der Waals surface area contributed by atoms with Gasteiger partial charge in [0.15, 0.2) is 10.4 Å². The van der Waals surface area contributed by atoms with Crippen LogP contribution in [0.25, 0.3) is 16.9 Å². The number of benzene rings is 1. The maximum Gasteiger partial charge on any atom is 0.184 e. The summed E-state index contributed by atoms with van der Waals surface area (Å²) >= 11 is 5.39. The molecular formula is C15H12N4S. The number of aromatic amines is 1. The summed E-state index contributed by atoms with van der Waals surface area (Å²) in [5, 5.41) is 8.70. The van der Waals surface area contributed by atoms with Crippen molar-refractivity contribution < 1.29 is 0 Å². The number of nitrogens with zero attached hydrogens (tertiary/aromatic N) is 3. The number of H-pyrrole nitrogens is 1. The maximum absolute atomic E-state index is 8.70. The van der Waals surface area contributed by atoms with Gasteiger partial charge in [-0.1, -0.05) is 12.1 Å². The molecule has 0 atom stereocenters. The van der Waals surface area contributed by atoms with Gasteiger partial charge in [0.25, 0.3) is 0 Å². The molecule has 1 aromatic carbocycles. The molecule has 0 radical (unpaired) electrons. The predicted octanol–water partition coefficient (Wildman–Crippen LogP) is 3.46. The van der Waals surface area contributed by atoms with Crippen molar-refractivity contribution in [3.63, 3.8) is 0 Å². The SMILES string of the molecule is Cc1ccnc2c1[nH]c(=S)n2-c1ccc(CC#N)cc1. The van der Waals surface area contributed by atoms with Crippen molar-refractivity contribution >= 4 is 23.4 Å². The number of aryl methyl sites for hydroxylation is 1. The molecule has 20 heavy (non-hydrogen) atoms. The molecule has 0 bridgehead atoms. The normalized spacial score (nSPS) is 10.6. The van der Waals surface area contributed by atoms with E-state index in [1.807, 2.05) is 41.8 Å². The van der Waals surface area contributed by atoms with Crippen LogP contribution in [0.5, 0.6) is 0 Å². The first kappa shape index (κ1) is 12.6. The van der Waals surface area contributed by atoms with E-state index in [0.717, 1.165) is 28.0 Å². The van der Waals surface area contributed by atoms with E-state index in [2.05, 4.69) is 16.0 Å². The zero-order valence-corrected chi connectivity index (χ0v) is 11.7. The average molecular weight is 280 g/mol. The largest absolute Gasteiger partial charge is 0.329 e. The van der Waals surface area contributed by atoms with Crippen molar-refractivity contribution in [3.8, 4) is 11.8 Å². The summed E-state index contributed by atoms with van der Waals surface area (Å²) < 4.78 is 2.53. The minimum absolute atomic E-state index is 0.414. The number of pyridine rings is 1. The number of nitriles is 1. The molecule has 3 rings (SSSR count). The first-order valence-electron chi connectivity index (χ1n) is 6.23. The molecule has 0 fully saturated rings. The maximum atomic E-state index is 8.70. The Morgan fingerprint density at radius 1 is 1.30 bits per heavy atom. The molecule has 0 aliphatic rings. The summed E-state index contributed by atoms with van der Waals surface area (Å²) in [6, 6.07) is 11.9. The van der Waals surface area contributed by atoms with Gasteiger partial charge < -0.3 is 4.98 Å². The highest BCUT2D eigenvalue weighted by atomic mass is 32.1. The third-order valence-corrected chi connectivity index (χ3v) is 3.55. The molecule has 2 heterocycles. The zero-order chi connectivity index (χ0) is 14.1. The van der Waals surface area contributed by atoms with Crippen molar-refractivity contribution in [1.82, 2.24) is 14.5 Å². The second kappa shape index (κ2) is 4.91. The fraction of sp³-hybridized carbons (Fsp3) is 0.133. The Morgan fingerprint density at radius 3 is 2.75 bits per heavy atom. The number of imidazole rings is 1. The van der Waals surface area contributed by atoms with Crippen LogP contribution in [0.15, 0.2) is 36.5 Å². The summed E-state index contributed by atoms with van der Waals surface area (Å²) in [5.41, 5.74) is 4.83. The number of fused-ring (bicyclic) bond motifs is 1. The van der Waals surface area contributed by atoms with Gasteiger partial charge in [-0.05, 0) is 48.5 Å². The van der Waals surface area contributed by atoms with Gasteiger partial charge in [-0.2, -0.15) is 5.26 Å². The molecule has 0 unspecified atom stereocenters. The van der Waals surface area contributed by atoms with Crippen molar-refractivity contribution in [2.75, 3.05) is 0 Å². The highest BCUT2D eigenvalue weighted by Crippen LogP contribution is 2.20. The van der Waals surface area contributed by atoms with Gasteiger partial charge in [0.1, 0.15) is 0 Å². The van der Waals surface area contributed by atoms with Crippen LogP contribution in [0, 0.1) is 23.0 Å². The van der Waals surface area contributed by atoms with E-state index in [0.29, 0.717) is 11.2 Å². The van der Waals surface area contributed by atoms with Crippen molar-refractivity contribution in [1.29, 1.82) is 5.26 Å². The standard InChI is InChI=1S/C15H12N4S/c1-10-7-9-17-14-13(10)18-15(20)19(14)12-4-2-11(3-5-12)6-8-16/h2-5,7,9H,6H2,1H3,(H,18,20). The molecule has 5 heteroatoms. The van der Waals surface area contributed by atoms with Crippen molar-refractivity contribution in [3.05, 3.63) is 52.4 Å². The molecule has 0 spiro atoms. The number of nitrogens with one attached hydrogen (secondary N) is 1. The molecule has 0 amide bonds. The van der Waals surface area contributed by atoms with Crippen LogP contribution in [0.3, 0.4) is 0 Å². The van der Waals surface area contributed by atoms with Gasteiger partial charge in [-0.15, -0.1) is 0 Å². The molecular weight excluding hydrogens is 268 g/mol. The third kappa shape index (κ3) is 2.00. The van der Waals surface area contributed by atoms with Crippen molar-refractivity contribution in [2.45, 2.75) is 13.3 Å². The summed E-state index contributed by atoms with van der Waals surface area (Å²) in [6.07, 6.45) is 2.19. The number of rotatable bonds is 2. The fourth-order valence-corrected chi connectivity index (χ4v) is 2.51. The van der Waals surface area contributed by atoms with Gasteiger partial charge in [0, 0.05) is 11.9 Å². The van der Waals surface area contributed by atoms with Gasteiger partial charge in [0.05, 0.1) is 18.0 Å². The molecule has 1 N–H and O–H groups in total. The smallest absolute Gasteiger partial charge is 0.184 e. The highest BCUT2D eigenvalue weighted by molar-refractivity contribution is 7.71. The minimum atomic E-state index is 0.414. The molecule has 0 aliphatic heterocycles. The molecule has 0 saturated heterocycles. The van der Waals surface area contributed by atoms with E-state index in [9.17, 15) is 0 Å². The van der Waals surface area contributed by atoms with Gasteiger partial charge in [-0.25, -0.2) is 4.98 Å². The lowest BCUT2D eigenvalue weighted by molar-refractivity contribution is 1.04. The molecule has 3 aromatic rings. The van der Waals surface area contributed by atoms with Crippen LogP contribution in [0.1, 0.15) is 11.1 Å². The molecule has 0 saturated carbocycles. The fourth-order valence-electron chi connectivity index (χ4n) is 2.22. The van der Waals surface area contributed by atoms with Crippen LogP contribution in [-0.2, 0) is 6.42 Å². The Hall–Kier alpha value is -2.45. The lowest BCUT2D eigenvalue weighted by Crippen LogP contribution is -1.96. The number of hydrogen-bond acceptors (Lipinski definition) is 3. The van der Waals surface area contributed by atoms with E-state index in [1.54, 1.807) is 6.20 Å². The van der Waals surface area contributed by atoms with Crippen LogP contribution < -0.4 is 0 Å². The monoisotopic (exact) mass is 280 g/mol. The second-order valence-corrected chi connectivity index (χ2v) is 4.98. The topological polar surface area (TPSA) is 57.4 Å². The lowest BCUT2D eigenvalue weighted by atomic mass is 10.1. The Balaban J connectivity index is 2.19. The van der Waals surface area contributed by atoms with Crippen LogP contribution in [0.2, 0.25) is 0 Å². The lowest BCUT2D eigenvalue weighted by Gasteiger charge is -2.04.